The van der Waals surface area contributed by atoms with Crippen LogP contribution in [0, 0.1) is 5.82 Å². The lowest BCUT2D eigenvalue weighted by molar-refractivity contribution is -0.128. The Balaban J connectivity index is 1.26. The standard InChI is InChI=1S/C26H22ClFN4OS/c27-19-4-3-5-21(16-19)31-12-14-32(15-13-31)24(33)17-34-26-23-7-2-1-6-22(23)25(29-30-26)18-8-10-20(28)11-9-18/h1-11,16H,12-15,17H2. The fourth-order valence-electron chi connectivity index (χ4n) is 4.12. The average Bonchev–Trinajstić information content (AvgIpc) is 2.88. The highest BCUT2D eigenvalue weighted by molar-refractivity contribution is 8.00. The van der Waals surface area contributed by atoms with Gasteiger partial charge in [0.1, 0.15) is 16.5 Å². The van der Waals surface area contributed by atoms with Crippen molar-refractivity contribution >= 4 is 45.7 Å². The monoisotopic (exact) mass is 492 g/mol. The molecule has 5 rings (SSSR count). The molecule has 1 saturated heterocycles. The molecule has 2 heterocycles. The molecule has 1 fully saturated rings. The van der Waals surface area contributed by atoms with Crippen molar-refractivity contribution in [2.24, 2.45) is 0 Å². The van der Waals surface area contributed by atoms with Gasteiger partial charge in [-0.05, 0) is 42.5 Å². The molecule has 172 valence electrons. The number of aromatic nitrogens is 2. The summed E-state index contributed by atoms with van der Waals surface area (Å²) in [5, 5.41) is 12.1. The van der Waals surface area contributed by atoms with E-state index in [0.717, 1.165) is 35.1 Å². The summed E-state index contributed by atoms with van der Waals surface area (Å²) in [7, 11) is 0. The van der Waals surface area contributed by atoms with Gasteiger partial charge in [-0.3, -0.25) is 4.79 Å². The summed E-state index contributed by atoms with van der Waals surface area (Å²) in [5.74, 6) is 0.0930. The summed E-state index contributed by atoms with van der Waals surface area (Å²) < 4.78 is 13.4. The number of thioether (sulfide) groups is 1. The summed E-state index contributed by atoms with van der Waals surface area (Å²) in [4.78, 5) is 17.1. The van der Waals surface area contributed by atoms with E-state index >= 15 is 0 Å². The number of carbonyl (C=O) groups is 1. The molecule has 1 aromatic heterocycles. The molecule has 0 radical (unpaired) electrons. The molecule has 3 aromatic carbocycles. The van der Waals surface area contributed by atoms with Gasteiger partial charge in [0.05, 0.1) is 5.75 Å². The average molecular weight is 493 g/mol. The van der Waals surface area contributed by atoms with Crippen molar-refractivity contribution in [1.29, 1.82) is 0 Å². The van der Waals surface area contributed by atoms with Crippen molar-refractivity contribution in [1.82, 2.24) is 15.1 Å². The van der Waals surface area contributed by atoms with E-state index in [9.17, 15) is 9.18 Å². The van der Waals surface area contributed by atoms with Crippen molar-refractivity contribution < 1.29 is 9.18 Å². The van der Waals surface area contributed by atoms with Crippen LogP contribution in [0.4, 0.5) is 10.1 Å². The van der Waals surface area contributed by atoms with Gasteiger partial charge in [-0.1, -0.05) is 53.7 Å². The Hall–Kier alpha value is -3.16. The summed E-state index contributed by atoms with van der Waals surface area (Å²) in [6.45, 7) is 2.88. The van der Waals surface area contributed by atoms with Gasteiger partial charge in [-0.25, -0.2) is 4.39 Å². The molecule has 0 spiro atoms. The third kappa shape index (κ3) is 4.86. The lowest BCUT2D eigenvalue weighted by Crippen LogP contribution is -2.49. The minimum absolute atomic E-state index is 0.0873. The van der Waals surface area contributed by atoms with Crippen LogP contribution in [0.3, 0.4) is 0 Å². The molecule has 0 unspecified atom stereocenters. The number of piperazine rings is 1. The smallest absolute Gasteiger partial charge is 0.233 e. The number of carbonyl (C=O) groups excluding carboxylic acids is 1. The Morgan fingerprint density at radius 2 is 1.65 bits per heavy atom. The van der Waals surface area contributed by atoms with Gasteiger partial charge in [-0.2, -0.15) is 0 Å². The Labute approximate surface area is 206 Å². The Bertz CT molecular complexity index is 1330. The third-order valence-electron chi connectivity index (χ3n) is 5.91. The van der Waals surface area contributed by atoms with Crippen LogP contribution in [0.5, 0.6) is 0 Å². The van der Waals surface area contributed by atoms with Gasteiger partial charge >= 0.3 is 0 Å². The zero-order valence-electron chi connectivity index (χ0n) is 18.3. The summed E-state index contributed by atoms with van der Waals surface area (Å²) >= 11 is 7.52. The van der Waals surface area contributed by atoms with Crippen LogP contribution in [0.15, 0.2) is 77.8 Å². The number of halogens is 2. The normalized spacial score (nSPS) is 13.9. The van der Waals surface area contributed by atoms with Gasteiger partial charge in [0.15, 0.2) is 0 Å². The molecular weight excluding hydrogens is 471 g/mol. The molecule has 1 aliphatic rings. The molecule has 1 aliphatic heterocycles. The quantitative estimate of drug-likeness (QED) is 0.343. The van der Waals surface area contributed by atoms with Crippen LogP contribution in [-0.2, 0) is 4.79 Å². The molecule has 0 bridgehead atoms. The van der Waals surface area contributed by atoms with Crippen molar-refractivity contribution in [3.05, 3.63) is 83.6 Å². The predicted octanol–water partition coefficient (Wildman–Crippen LogP) is 5.53. The molecule has 8 heteroatoms. The zero-order chi connectivity index (χ0) is 23.5. The van der Waals surface area contributed by atoms with Crippen LogP contribution in [0.2, 0.25) is 5.02 Å². The first-order valence-corrected chi connectivity index (χ1v) is 12.4. The second kappa shape index (κ2) is 9.99. The molecule has 1 amide bonds. The fraction of sp³-hybridized carbons (Fsp3) is 0.192. The van der Waals surface area contributed by atoms with E-state index in [1.54, 1.807) is 12.1 Å². The number of rotatable bonds is 5. The molecule has 5 nitrogen and oxygen atoms in total. The summed E-state index contributed by atoms with van der Waals surface area (Å²) in [6.07, 6.45) is 0. The molecular formula is C26H22ClFN4OS. The number of anilines is 1. The fourth-order valence-corrected chi connectivity index (χ4v) is 5.17. The molecule has 0 N–H and O–H groups in total. The molecule has 34 heavy (non-hydrogen) atoms. The second-order valence-corrected chi connectivity index (χ2v) is 9.44. The number of fused-ring (bicyclic) bond motifs is 1. The maximum absolute atomic E-state index is 13.4. The Kier molecular flexibility index (Phi) is 6.65. The molecule has 4 aromatic rings. The van der Waals surface area contributed by atoms with E-state index < -0.39 is 0 Å². The first-order valence-electron chi connectivity index (χ1n) is 11.0. The van der Waals surface area contributed by atoms with Crippen LogP contribution in [0.1, 0.15) is 0 Å². The first kappa shape index (κ1) is 22.6. The number of hydrogen-bond acceptors (Lipinski definition) is 5. The first-order chi connectivity index (χ1) is 16.6. The maximum Gasteiger partial charge on any atom is 0.233 e. The van der Waals surface area contributed by atoms with E-state index in [0.29, 0.717) is 34.6 Å². The van der Waals surface area contributed by atoms with Crippen molar-refractivity contribution in [2.45, 2.75) is 5.03 Å². The lowest BCUT2D eigenvalue weighted by atomic mass is 10.1. The Morgan fingerprint density at radius 3 is 2.38 bits per heavy atom. The van der Waals surface area contributed by atoms with Crippen molar-refractivity contribution in [2.75, 3.05) is 36.8 Å². The second-order valence-electron chi connectivity index (χ2n) is 8.04. The van der Waals surface area contributed by atoms with Gasteiger partial charge in [0.2, 0.25) is 5.91 Å². The van der Waals surface area contributed by atoms with Crippen molar-refractivity contribution in [3.63, 3.8) is 0 Å². The third-order valence-corrected chi connectivity index (χ3v) is 7.11. The van der Waals surface area contributed by atoms with Crippen LogP contribution in [-0.4, -0.2) is 52.9 Å². The number of nitrogens with zero attached hydrogens (tertiary/aromatic N) is 4. The van der Waals surface area contributed by atoms with E-state index in [1.165, 1.54) is 23.9 Å². The van der Waals surface area contributed by atoms with E-state index in [2.05, 4.69) is 15.1 Å². The SMILES string of the molecule is O=C(CSc1nnc(-c2ccc(F)cc2)c2ccccc12)N1CCN(c2cccc(Cl)c2)CC1. The minimum Gasteiger partial charge on any atom is -0.368 e. The van der Waals surface area contributed by atoms with Crippen molar-refractivity contribution in [3.8, 4) is 11.3 Å². The highest BCUT2D eigenvalue weighted by Gasteiger charge is 2.22. The van der Waals surface area contributed by atoms with E-state index in [-0.39, 0.29) is 11.7 Å². The molecule has 0 saturated carbocycles. The topological polar surface area (TPSA) is 49.3 Å². The minimum atomic E-state index is -0.292. The van der Waals surface area contributed by atoms with Crippen LogP contribution < -0.4 is 4.90 Å². The number of hydrogen-bond donors (Lipinski definition) is 0. The van der Waals surface area contributed by atoms with E-state index in [4.69, 9.17) is 11.6 Å². The molecule has 0 aliphatic carbocycles. The number of benzene rings is 3. The van der Waals surface area contributed by atoms with E-state index in [1.807, 2.05) is 53.4 Å². The predicted molar refractivity (Wildman–Crippen MR) is 136 cm³/mol. The molecule has 0 atom stereocenters. The summed E-state index contributed by atoms with van der Waals surface area (Å²) in [5.41, 5.74) is 2.58. The highest BCUT2D eigenvalue weighted by Crippen LogP contribution is 2.32. The zero-order valence-corrected chi connectivity index (χ0v) is 19.9. The highest BCUT2D eigenvalue weighted by atomic mass is 35.5. The van der Waals surface area contributed by atoms with Gasteiger partial charge in [0, 0.05) is 53.2 Å². The summed E-state index contributed by atoms with van der Waals surface area (Å²) in [6, 6.07) is 21.9. The maximum atomic E-state index is 13.4. The largest absolute Gasteiger partial charge is 0.368 e. The van der Waals surface area contributed by atoms with Gasteiger partial charge in [-0.15, -0.1) is 10.2 Å². The number of amides is 1. The van der Waals surface area contributed by atoms with Gasteiger partial charge < -0.3 is 9.80 Å². The Morgan fingerprint density at radius 1 is 0.912 bits per heavy atom. The van der Waals surface area contributed by atoms with Crippen LogP contribution in [0.25, 0.3) is 22.0 Å². The van der Waals surface area contributed by atoms with Crippen LogP contribution >= 0.6 is 23.4 Å². The van der Waals surface area contributed by atoms with Gasteiger partial charge in [0.25, 0.3) is 0 Å². The lowest BCUT2D eigenvalue weighted by Gasteiger charge is -2.36.